The molecule has 96 valence electrons. The summed E-state index contributed by atoms with van der Waals surface area (Å²) in [5.74, 6) is -0.377. The lowest BCUT2D eigenvalue weighted by Crippen LogP contribution is -2.46. The summed E-state index contributed by atoms with van der Waals surface area (Å²) in [6.07, 6.45) is 1.94. The number of hydrogen-bond donors (Lipinski definition) is 1. The van der Waals surface area contributed by atoms with Crippen molar-refractivity contribution >= 4 is 11.6 Å². The van der Waals surface area contributed by atoms with E-state index in [-0.39, 0.29) is 5.91 Å². The van der Waals surface area contributed by atoms with Gasteiger partial charge in [0.1, 0.15) is 0 Å². The van der Waals surface area contributed by atoms with E-state index in [2.05, 4.69) is 16.4 Å². The van der Waals surface area contributed by atoms with Crippen LogP contribution < -0.4 is 10.6 Å². The first-order valence-corrected chi connectivity index (χ1v) is 6.19. The summed E-state index contributed by atoms with van der Waals surface area (Å²) < 4.78 is 0. The molecule has 0 unspecified atom stereocenters. The van der Waals surface area contributed by atoms with Gasteiger partial charge in [0.25, 0.3) is 0 Å². The molecule has 0 aromatic heterocycles. The Morgan fingerprint density at radius 3 is 2.33 bits per heavy atom. The summed E-state index contributed by atoms with van der Waals surface area (Å²) >= 11 is 0. The van der Waals surface area contributed by atoms with Gasteiger partial charge >= 0.3 is 0 Å². The van der Waals surface area contributed by atoms with Gasteiger partial charge in [-0.2, -0.15) is 0 Å². The molecular formula is C14H19N3O. The predicted octanol–water partition coefficient (Wildman–Crippen LogP) is 1.09. The lowest BCUT2D eigenvalue weighted by atomic mass is 10.1. The third kappa shape index (κ3) is 2.90. The van der Waals surface area contributed by atoms with Crippen LogP contribution in [0.2, 0.25) is 0 Å². The Hall–Kier alpha value is -1.81. The summed E-state index contributed by atoms with van der Waals surface area (Å²) in [6, 6.07) is 7.49. The maximum atomic E-state index is 11.0. The molecule has 4 nitrogen and oxygen atoms in total. The van der Waals surface area contributed by atoms with E-state index < -0.39 is 0 Å². The minimum absolute atomic E-state index is 0.377. The van der Waals surface area contributed by atoms with E-state index in [1.807, 2.05) is 18.2 Å². The second kappa shape index (κ2) is 5.69. The number of hydrogen-bond acceptors (Lipinski definition) is 3. The van der Waals surface area contributed by atoms with Gasteiger partial charge < -0.3 is 10.6 Å². The minimum Gasteiger partial charge on any atom is -0.369 e. The molecule has 0 radical (unpaired) electrons. The molecule has 1 saturated heterocycles. The summed E-state index contributed by atoms with van der Waals surface area (Å²) in [5.41, 5.74) is 6.94. The van der Waals surface area contributed by atoms with Crippen LogP contribution in [0.25, 0.3) is 0 Å². The fraction of sp³-hybridized carbons (Fsp3) is 0.357. The zero-order valence-electron chi connectivity index (χ0n) is 10.5. The number of anilines is 1. The molecule has 18 heavy (non-hydrogen) atoms. The van der Waals surface area contributed by atoms with Crippen molar-refractivity contribution in [1.29, 1.82) is 0 Å². The summed E-state index contributed by atoms with van der Waals surface area (Å²) in [6.45, 7) is 8.81. The number of carbonyl (C=O) groups is 1. The molecule has 1 heterocycles. The van der Waals surface area contributed by atoms with Crippen molar-refractivity contribution in [2.24, 2.45) is 5.73 Å². The molecule has 0 aliphatic carbocycles. The normalized spacial score (nSPS) is 16.6. The second-order valence-electron chi connectivity index (χ2n) is 4.49. The number of piperazine rings is 1. The Labute approximate surface area is 108 Å². The molecular weight excluding hydrogens is 226 g/mol. The van der Waals surface area contributed by atoms with E-state index in [0.29, 0.717) is 5.56 Å². The molecule has 1 aromatic carbocycles. The van der Waals surface area contributed by atoms with Crippen LogP contribution >= 0.6 is 0 Å². The number of nitrogens with zero attached hydrogens (tertiary/aromatic N) is 2. The number of nitrogens with two attached hydrogens (primary N) is 1. The standard InChI is InChI=1S/C14H19N3O/c1-2-7-16-8-10-17(11-9-16)13-5-3-12(4-6-13)14(15)18/h2-6H,1,7-11H2,(H2,15,18). The zero-order chi connectivity index (χ0) is 13.0. The number of rotatable bonds is 4. The third-order valence-electron chi connectivity index (χ3n) is 3.28. The first-order chi connectivity index (χ1) is 8.70. The van der Waals surface area contributed by atoms with Crippen LogP contribution in [-0.4, -0.2) is 43.5 Å². The van der Waals surface area contributed by atoms with Gasteiger partial charge in [-0.3, -0.25) is 9.69 Å². The number of carbonyl (C=O) groups excluding carboxylic acids is 1. The fourth-order valence-corrected chi connectivity index (χ4v) is 2.21. The van der Waals surface area contributed by atoms with Crippen molar-refractivity contribution in [2.45, 2.75) is 0 Å². The Morgan fingerprint density at radius 1 is 1.22 bits per heavy atom. The SMILES string of the molecule is C=CCN1CCN(c2ccc(C(N)=O)cc2)CC1. The highest BCUT2D eigenvalue weighted by molar-refractivity contribution is 5.93. The highest BCUT2D eigenvalue weighted by atomic mass is 16.1. The Morgan fingerprint density at radius 2 is 1.83 bits per heavy atom. The first kappa shape index (κ1) is 12.6. The van der Waals surface area contributed by atoms with E-state index in [1.165, 1.54) is 0 Å². The van der Waals surface area contributed by atoms with Gasteiger partial charge in [0, 0.05) is 44.0 Å². The largest absolute Gasteiger partial charge is 0.369 e. The molecule has 4 heteroatoms. The van der Waals surface area contributed by atoms with E-state index >= 15 is 0 Å². The van der Waals surface area contributed by atoms with Crippen LogP contribution in [0, 0.1) is 0 Å². The van der Waals surface area contributed by atoms with Crippen molar-refractivity contribution in [3.63, 3.8) is 0 Å². The average Bonchev–Trinajstić information content (AvgIpc) is 2.40. The molecule has 1 aromatic rings. The van der Waals surface area contributed by atoms with Crippen LogP contribution in [-0.2, 0) is 0 Å². The van der Waals surface area contributed by atoms with Gasteiger partial charge in [0.05, 0.1) is 0 Å². The maximum Gasteiger partial charge on any atom is 0.248 e. The van der Waals surface area contributed by atoms with Gasteiger partial charge in [-0.25, -0.2) is 0 Å². The summed E-state index contributed by atoms with van der Waals surface area (Å²) in [5, 5.41) is 0. The smallest absolute Gasteiger partial charge is 0.248 e. The lowest BCUT2D eigenvalue weighted by Gasteiger charge is -2.35. The molecule has 0 saturated carbocycles. The van der Waals surface area contributed by atoms with Crippen LogP contribution in [0.5, 0.6) is 0 Å². The van der Waals surface area contributed by atoms with E-state index in [9.17, 15) is 4.79 Å². The molecule has 1 amide bonds. The van der Waals surface area contributed by atoms with Crippen LogP contribution in [0.15, 0.2) is 36.9 Å². The summed E-state index contributed by atoms with van der Waals surface area (Å²) in [7, 11) is 0. The molecule has 1 aliphatic heterocycles. The molecule has 1 aliphatic rings. The molecule has 0 bridgehead atoms. The van der Waals surface area contributed by atoms with Gasteiger partial charge in [-0.1, -0.05) is 6.08 Å². The number of primary amides is 1. The lowest BCUT2D eigenvalue weighted by molar-refractivity contribution is 0.100. The van der Waals surface area contributed by atoms with Crippen molar-refractivity contribution in [2.75, 3.05) is 37.6 Å². The fourth-order valence-electron chi connectivity index (χ4n) is 2.21. The topological polar surface area (TPSA) is 49.6 Å². The average molecular weight is 245 g/mol. The predicted molar refractivity (Wildman–Crippen MR) is 73.8 cm³/mol. The molecule has 0 spiro atoms. The highest BCUT2D eigenvalue weighted by Crippen LogP contribution is 2.17. The zero-order valence-corrected chi connectivity index (χ0v) is 10.5. The van der Waals surface area contributed by atoms with Crippen LogP contribution in [0.1, 0.15) is 10.4 Å². The quantitative estimate of drug-likeness (QED) is 0.808. The van der Waals surface area contributed by atoms with Crippen LogP contribution in [0.4, 0.5) is 5.69 Å². The van der Waals surface area contributed by atoms with Crippen molar-refractivity contribution < 1.29 is 4.79 Å². The maximum absolute atomic E-state index is 11.0. The third-order valence-corrected chi connectivity index (χ3v) is 3.28. The molecule has 1 fully saturated rings. The molecule has 2 rings (SSSR count). The van der Waals surface area contributed by atoms with E-state index in [1.54, 1.807) is 12.1 Å². The van der Waals surface area contributed by atoms with E-state index in [0.717, 1.165) is 38.4 Å². The van der Waals surface area contributed by atoms with Gasteiger partial charge in [-0.15, -0.1) is 6.58 Å². The minimum atomic E-state index is -0.377. The molecule has 2 N–H and O–H groups in total. The number of benzene rings is 1. The molecule has 0 atom stereocenters. The highest BCUT2D eigenvalue weighted by Gasteiger charge is 2.16. The van der Waals surface area contributed by atoms with Crippen molar-refractivity contribution in [1.82, 2.24) is 4.90 Å². The van der Waals surface area contributed by atoms with Crippen molar-refractivity contribution in [3.05, 3.63) is 42.5 Å². The summed E-state index contributed by atoms with van der Waals surface area (Å²) in [4.78, 5) is 15.7. The van der Waals surface area contributed by atoms with Crippen LogP contribution in [0.3, 0.4) is 0 Å². The van der Waals surface area contributed by atoms with Gasteiger partial charge in [0.2, 0.25) is 5.91 Å². The van der Waals surface area contributed by atoms with Gasteiger partial charge in [0.15, 0.2) is 0 Å². The van der Waals surface area contributed by atoms with Gasteiger partial charge in [-0.05, 0) is 24.3 Å². The Kier molecular flexibility index (Phi) is 3.99. The Balaban J connectivity index is 1.97. The van der Waals surface area contributed by atoms with E-state index in [4.69, 9.17) is 5.73 Å². The second-order valence-corrected chi connectivity index (χ2v) is 4.49. The first-order valence-electron chi connectivity index (χ1n) is 6.19. The van der Waals surface area contributed by atoms with Crippen molar-refractivity contribution in [3.8, 4) is 0 Å². The monoisotopic (exact) mass is 245 g/mol. The Bertz CT molecular complexity index is 419. The number of amides is 1.